The number of nitrogens with zero attached hydrogens (tertiary/aromatic N) is 2. The van der Waals surface area contributed by atoms with E-state index in [1.807, 2.05) is 94.4 Å². The molecule has 0 saturated carbocycles. The molecule has 0 fully saturated rings. The summed E-state index contributed by atoms with van der Waals surface area (Å²) in [6.07, 6.45) is 2.20. The molecule has 0 aliphatic rings. The fraction of sp³-hybridized carbons (Fsp3) is 0.355. The maximum atomic E-state index is 14.0. The molecule has 3 aromatic carbocycles. The monoisotopic (exact) mass is 549 g/mol. The van der Waals surface area contributed by atoms with Crippen molar-refractivity contribution in [1.29, 1.82) is 0 Å². The first-order chi connectivity index (χ1) is 18.5. The van der Waals surface area contributed by atoms with Gasteiger partial charge in [0.15, 0.2) is 0 Å². The number of hydrogen-bond acceptors (Lipinski definition) is 4. The molecule has 3 aromatic rings. The number of anilines is 1. The Balaban J connectivity index is 2.04. The molecule has 0 aliphatic carbocycles. The quantitative estimate of drug-likeness (QED) is 0.361. The van der Waals surface area contributed by atoms with Gasteiger partial charge < -0.3 is 10.2 Å². The maximum absolute atomic E-state index is 14.0. The molecule has 3 rings (SSSR count). The fourth-order valence-electron chi connectivity index (χ4n) is 4.45. The van der Waals surface area contributed by atoms with Crippen molar-refractivity contribution in [2.24, 2.45) is 0 Å². The van der Waals surface area contributed by atoms with Crippen LogP contribution in [0, 0.1) is 6.92 Å². The molecule has 1 N–H and O–H groups in total. The van der Waals surface area contributed by atoms with Gasteiger partial charge in [-0.1, -0.05) is 79.2 Å². The average molecular weight is 550 g/mol. The normalized spacial score (nSPS) is 12.2. The van der Waals surface area contributed by atoms with E-state index in [9.17, 15) is 18.0 Å². The Kier molecular flexibility index (Phi) is 10.3. The lowest BCUT2D eigenvalue weighted by Gasteiger charge is -2.34. The Hall–Kier alpha value is -3.65. The van der Waals surface area contributed by atoms with Crippen LogP contribution in [0.25, 0.3) is 0 Å². The third-order valence-electron chi connectivity index (χ3n) is 6.45. The largest absolute Gasteiger partial charge is 0.352 e. The third kappa shape index (κ3) is 8.68. The van der Waals surface area contributed by atoms with E-state index in [1.165, 1.54) is 4.90 Å². The Morgan fingerprint density at radius 3 is 2.08 bits per heavy atom. The topological polar surface area (TPSA) is 86.8 Å². The van der Waals surface area contributed by atoms with Crippen LogP contribution in [0.5, 0.6) is 0 Å². The number of carbonyl (C=O) groups excluding carboxylic acids is 2. The average Bonchev–Trinajstić information content (AvgIpc) is 2.89. The molecule has 2 amide bonds. The molecule has 8 heteroatoms. The predicted molar refractivity (Wildman–Crippen MR) is 157 cm³/mol. The Bertz CT molecular complexity index is 1360. The molecule has 0 radical (unpaired) electrons. The summed E-state index contributed by atoms with van der Waals surface area (Å²) in [6.45, 7) is 7.47. The fourth-order valence-corrected chi connectivity index (χ4v) is 5.30. The van der Waals surface area contributed by atoms with Crippen molar-refractivity contribution < 1.29 is 18.0 Å². The molecule has 0 spiro atoms. The van der Waals surface area contributed by atoms with E-state index in [-0.39, 0.29) is 18.5 Å². The number of aryl methyl sites for hydroxylation is 2. The summed E-state index contributed by atoms with van der Waals surface area (Å²) in [5, 5.41) is 2.96. The first kappa shape index (κ1) is 29.9. The van der Waals surface area contributed by atoms with E-state index in [0.29, 0.717) is 12.1 Å². The van der Waals surface area contributed by atoms with Crippen LogP contribution in [0.2, 0.25) is 0 Å². The molecule has 0 saturated heterocycles. The van der Waals surface area contributed by atoms with E-state index in [4.69, 9.17) is 0 Å². The second-order valence-corrected chi connectivity index (χ2v) is 12.1. The first-order valence-corrected chi connectivity index (χ1v) is 15.1. The number of hydrogen-bond donors (Lipinski definition) is 1. The molecule has 0 aliphatic heterocycles. The van der Waals surface area contributed by atoms with Gasteiger partial charge in [-0.15, -0.1) is 0 Å². The SMILES string of the molecule is CCc1ccc(N(CC(=O)N(Cc2cccc(C)c2)[C@H](Cc2ccccc2)C(=O)NC(C)C)S(C)(=O)=O)cc1. The first-order valence-electron chi connectivity index (χ1n) is 13.2. The number of rotatable bonds is 12. The minimum Gasteiger partial charge on any atom is -0.352 e. The highest BCUT2D eigenvalue weighted by Gasteiger charge is 2.33. The van der Waals surface area contributed by atoms with Gasteiger partial charge in [0.25, 0.3) is 0 Å². The van der Waals surface area contributed by atoms with Gasteiger partial charge in [0, 0.05) is 19.0 Å². The van der Waals surface area contributed by atoms with Crippen LogP contribution in [-0.4, -0.2) is 50.0 Å². The van der Waals surface area contributed by atoms with Crippen LogP contribution >= 0.6 is 0 Å². The summed E-state index contributed by atoms with van der Waals surface area (Å²) in [7, 11) is -3.78. The molecular weight excluding hydrogens is 510 g/mol. The second kappa shape index (κ2) is 13.4. The van der Waals surface area contributed by atoms with E-state index in [1.54, 1.807) is 12.1 Å². The summed E-state index contributed by atoms with van der Waals surface area (Å²) in [4.78, 5) is 29.1. The minimum atomic E-state index is -3.78. The van der Waals surface area contributed by atoms with Gasteiger partial charge in [0.05, 0.1) is 11.9 Å². The van der Waals surface area contributed by atoms with Crippen molar-refractivity contribution in [2.45, 2.75) is 59.2 Å². The zero-order chi connectivity index (χ0) is 28.6. The van der Waals surface area contributed by atoms with Gasteiger partial charge in [-0.2, -0.15) is 0 Å². The van der Waals surface area contributed by atoms with Gasteiger partial charge in [-0.05, 0) is 56.0 Å². The van der Waals surface area contributed by atoms with Crippen molar-refractivity contribution >= 4 is 27.5 Å². The molecular formula is C31H39N3O4S. The van der Waals surface area contributed by atoms with E-state index in [2.05, 4.69) is 5.32 Å². The Morgan fingerprint density at radius 1 is 0.872 bits per heavy atom. The zero-order valence-corrected chi connectivity index (χ0v) is 24.2. The zero-order valence-electron chi connectivity index (χ0n) is 23.4. The van der Waals surface area contributed by atoms with Crippen molar-refractivity contribution in [3.8, 4) is 0 Å². The van der Waals surface area contributed by atoms with E-state index >= 15 is 0 Å². The van der Waals surface area contributed by atoms with Crippen molar-refractivity contribution in [2.75, 3.05) is 17.1 Å². The van der Waals surface area contributed by atoms with E-state index in [0.717, 1.165) is 39.2 Å². The van der Waals surface area contributed by atoms with Gasteiger partial charge in [0.2, 0.25) is 21.8 Å². The molecule has 208 valence electrons. The maximum Gasteiger partial charge on any atom is 0.244 e. The second-order valence-electron chi connectivity index (χ2n) is 10.2. The van der Waals surface area contributed by atoms with Gasteiger partial charge in [0.1, 0.15) is 12.6 Å². The molecule has 0 heterocycles. The van der Waals surface area contributed by atoms with Crippen LogP contribution in [0.15, 0.2) is 78.9 Å². The summed E-state index contributed by atoms with van der Waals surface area (Å²) in [5.41, 5.74) is 4.26. The number of nitrogens with one attached hydrogen (secondary N) is 1. The number of sulfonamides is 1. The van der Waals surface area contributed by atoms with E-state index < -0.39 is 28.5 Å². The minimum absolute atomic E-state index is 0.128. The molecule has 0 unspecified atom stereocenters. The van der Waals surface area contributed by atoms with Crippen LogP contribution < -0.4 is 9.62 Å². The van der Waals surface area contributed by atoms with Crippen LogP contribution in [0.1, 0.15) is 43.0 Å². The Morgan fingerprint density at radius 2 is 1.51 bits per heavy atom. The summed E-state index contributed by atoms with van der Waals surface area (Å²) in [5.74, 6) is -0.741. The highest BCUT2D eigenvalue weighted by molar-refractivity contribution is 7.92. The van der Waals surface area contributed by atoms with Gasteiger partial charge in [-0.3, -0.25) is 13.9 Å². The van der Waals surface area contributed by atoms with Crippen LogP contribution in [0.4, 0.5) is 5.69 Å². The number of benzene rings is 3. The molecule has 0 aromatic heterocycles. The highest BCUT2D eigenvalue weighted by Crippen LogP contribution is 2.21. The summed E-state index contributed by atoms with van der Waals surface area (Å²) >= 11 is 0. The summed E-state index contributed by atoms with van der Waals surface area (Å²) in [6, 6.07) is 23.5. The molecule has 39 heavy (non-hydrogen) atoms. The number of carbonyl (C=O) groups is 2. The van der Waals surface area contributed by atoms with Crippen molar-refractivity contribution in [1.82, 2.24) is 10.2 Å². The lowest BCUT2D eigenvalue weighted by molar-refractivity contribution is -0.140. The van der Waals surface area contributed by atoms with Gasteiger partial charge in [-0.25, -0.2) is 8.42 Å². The van der Waals surface area contributed by atoms with Crippen molar-refractivity contribution in [3.63, 3.8) is 0 Å². The standard InChI is InChI=1S/C31H39N3O4S/c1-6-25-15-17-28(18-16-25)34(39(5,37)38)22-30(35)33(21-27-14-10-11-24(4)19-27)29(31(36)32-23(2)3)20-26-12-8-7-9-13-26/h7-19,23,29H,6,20-22H2,1-5H3,(H,32,36)/t29-/m1/s1. The third-order valence-corrected chi connectivity index (χ3v) is 7.59. The number of amides is 2. The molecule has 0 bridgehead atoms. The predicted octanol–water partition coefficient (Wildman–Crippen LogP) is 4.49. The smallest absolute Gasteiger partial charge is 0.244 e. The van der Waals surface area contributed by atoms with Gasteiger partial charge >= 0.3 is 0 Å². The lowest BCUT2D eigenvalue weighted by Crippen LogP contribution is -2.54. The molecule has 7 nitrogen and oxygen atoms in total. The molecule has 1 atom stereocenters. The van der Waals surface area contributed by atoms with Crippen molar-refractivity contribution in [3.05, 3.63) is 101 Å². The summed E-state index contributed by atoms with van der Waals surface area (Å²) < 4.78 is 26.8. The van der Waals surface area contributed by atoms with Crippen LogP contribution in [-0.2, 0) is 39.0 Å². The van der Waals surface area contributed by atoms with Crippen LogP contribution in [0.3, 0.4) is 0 Å². The highest BCUT2D eigenvalue weighted by atomic mass is 32.2. The lowest BCUT2D eigenvalue weighted by atomic mass is 10.0. The Labute approximate surface area is 232 Å².